The second-order valence-corrected chi connectivity index (χ2v) is 5.58. The van der Waals surface area contributed by atoms with Crippen molar-refractivity contribution in [3.8, 4) is 0 Å². The minimum absolute atomic E-state index is 0.166. The Hall–Kier alpha value is -0.860. The molecule has 17 heavy (non-hydrogen) atoms. The summed E-state index contributed by atoms with van der Waals surface area (Å²) in [4.78, 5) is 0. The first-order chi connectivity index (χ1) is 7.85. The molecule has 2 nitrogen and oxygen atoms in total. The Morgan fingerprint density at radius 3 is 2.24 bits per heavy atom. The maximum atomic E-state index is 9.16. The van der Waals surface area contributed by atoms with Crippen LogP contribution in [0.25, 0.3) is 0 Å². The molecule has 0 aromatic heterocycles. The molecule has 0 radical (unpaired) electrons. The maximum Gasteiger partial charge on any atom is 0.0607 e. The van der Waals surface area contributed by atoms with Crippen molar-refractivity contribution in [2.45, 2.75) is 46.6 Å². The van der Waals surface area contributed by atoms with Crippen molar-refractivity contribution in [2.24, 2.45) is 0 Å². The highest BCUT2D eigenvalue weighted by molar-refractivity contribution is 5.36. The van der Waals surface area contributed by atoms with Crippen LogP contribution in [0.15, 0.2) is 12.1 Å². The van der Waals surface area contributed by atoms with E-state index in [2.05, 4.69) is 38.2 Å². The molecule has 0 aliphatic carbocycles. The highest BCUT2D eigenvalue weighted by atomic mass is 16.3. The molecule has 0 atom stereocenters. The molecular weight excluding hydrogens is 210 g/mol. The van der Waals surface area contributed by atoms with Crippen LogP contribution < -0.4 is 5.32 Å². The molecule has 2 N–H and O–H groups in total. The molecule has 0 saturated heterocycles. The van der Waals surface area contributed by atoms with E-state index in [4.69, 9.17) is 5.11 Å². The van der Waals surface area contributed by atoms with Gasteiger partial charge >= 0.3 is 0 Å². The van der Waals surface area contributed by atoms with Gasteiger partial charge in [0.1, 0.15) is 0 Å². The van der Waals surface area contributed by atoms with Crippen molar-refractivity contribution in [1.82, 2.24) is 5.32 Å². The third-order valence-corrected chi connectivity index (χ3v) is 3.35. The minimum atomic E-state index is -0.187. The Labute approximate surface area is 105 Å². The fourth-order valence-electron chi connectivity index (χ4n) is 1.88. The standard InChI is InChI=1S/C15H25NO/c1-11-8-13(3)14(9-12(11)2)6-7-16-15(4,5)10-17/h8-9,16-17H,6-7,10H2,1-5H3. The summed E-state index contributed by atoms with van der Waals surface area (Å²) < 4.78 is 0. The van der Waals surface area contributed by atoms with Crippen LogP contribution in [-0.4, -0.2) is 23.8 Å². The average molecular weight is 235 g/mol. The van der Waals surface area contributed by atoms with Gasteiger partial charge < -0.3 is 10.4 Å². The second-order valence-electron chi connectivity index (χ2n) is 5.58. The first-order valence-corrected chi connectivity index (χ1v) is 6.28. The summed E-state index contributed by atoms with van der Waals surface area (Å²) in [5.41, 5.74) is 5.28. The lowest BCUT2D eigenvalue weighted by atomic mass is 9.98. The normalized spacial score (nSPS) is 11.9. The fraction of sp³-hybridized carbons (Fsp3) is 0.600. The van der Waals surface area contributed by atoms with Crippen LogP contribution in [0.3, 0.4) is 0 Å². The largest absolute Gasteiger partial charge is 0.394 e. The van der Waals surface area contributed by atoms with Crippen LogP contribution in [0.4, 0.5) is 0 Å². The van der Waals surface area contributed by atoms with Crippen LogP contribution in [0.1, 0.15) is 36.1 Å². The van der Waals surface area contributed by atoms with E-state index >= 15 is 0 Å². The van der Waals surface area contributed by atoms with Crippen molar-refractivity contribution >= 4 is 0 Å². The lowest BCUT2D eigenvalue weighted by Gasteiger charge is -2.23. The maximum absolute atomic E-state index is 9.16. The summed E-state index contributed by atoms with van der Waals surface area (Å²) in [6.07, 6.45) is 1.01. The van der Waals surface area contributed by atoms with E-state index in [-0.39, 0.29) is 12.1 Å². The summed E-state index contributed by atoms with van der Waals surface area (Å²) in [6.45, 7) is 11.6. The van der Waals surface area contributed by atoms with Crippen molar-refractivity contribution in [2.75, 3.05) is 13.2 Å². The van der Waals surface area contributed by atoms with E-state index in [1.165, 1.54) is 22.3 Å². The van der Waals surface area contributed by atoms with E-state index in [0.717, 1.165) is 13.0 Å². The highest BCUT2D eigenvalue weighted by Crippen LogP contribution is 2.15. The molecule has 0 heterocycles. The van der Waals surface area contributed by atoms with Crippen molar-refractivity contribution in [3.63, 3.8) is 0 Å². The summed E-state index contributed by atoms with van der Waals surface area (Å²) in [6, 6.07) is 4.53. The number of benzene rings is 1. The van der Waals surface area contributed by atoms with Crippen molar-refractivity contribution in [1.29, 1.82) is 0 Å². The Balaban J connectivity index is 2.61. The highest BCUT2D eigenvalue weighted by Gasteiger charge is 2.14. The number of aliphatic hydroxyl groups excluding tert-OH is 1. The lowest BCUT2D eigenvalue weighted by Crippen LogP contribution is -2.43. The van der Waals surface area contributed by atoms with Gasteiger partial charge in [-0.15, -0.1) is 0 Å². The third kappa shape index (κ3) is 4.14. The molecule has 0 amide bonds. The molecule has 0 unspecified atom stereocenters. The second kappa shape index (κ2) is 5.65. The molecule has 0 spiro atoms. The molecule has 0 fully saturated rings. The van der Waals surface area contributed by atoms with Gasteiger partial charge in [-0.2, -0.15) is 0 Å². The van der Waals surface area contributed by atoms with Crippen LogP contribution in [0.5, 0.6) is 0 Å². The smallest absolute Gasteiger partial charge is 0.0607 e. The van der Waals surface area contributed by atoms with Crippen molar-refractivity contribution < 1.29 is 5.11 Å². The van der Waals surface area contributed by atoms with Crippen LogP contribution in [0.2, 0.25) is 0 Å². The van der Waals surface area contributed by atoms with Gasteiger partial charge in [0, 0.05) is 5.54 Å². The molecule has 0 aliphatic rings. The lowest BCUT2D eigenvalue weighted by molar-refractivity contribution is 0.189. The average Bonchev–Trinajstić information content (AvgIpc) is 2.25. The SMILES string of the molecule is Cc1cc(C)c(CCNC(C)(C)CO)cc1C. The predicted octanol–water partition coefficient (Wildman–Crippen LogP) is 2.51. The Kier molecular flexibility index (Phi) is 4.72. The number of hydrogen-bond acceptors (Lipinski definition) is 2. The van der Waals surface area contributed by atoms with Crippen LogP contribution in [-0.2, 0) is 6.42 Å². The van der Waals surface area contributed by atoms with E-state index in [1.54, 1.807) is 0 Å². The van der Waals surface area contributed by atoms with Gasteiger partial charge in [0.2, 0.25) is 0 Å². The summed E-state index contributed by atoms with van der Waals surface area (Å²) >= 11 is 0. The summed E-state index contributed by atoms with van der Waals surface area (Å²) in [5, 5.41) is 12.5. The number of aryl methyl sites for hydroxylation is 3. The first-order valence-electron chi connectivity index (χ1n) is 6.28. The van der Waals surface area contributed by atoms with Crippen molar-refractivity contribution in [3.05, 3.63) is 34.4 Å². The minimum Gasteiger partial charge on any atom is -0.394 e. The molecule has 0 bridgehead atoms. The fourth-order valence-corrected chi connectivity index (χ4v) is 1.88. The molecule has 2 heteroatoms. The van der Waals surface area contributed by atoms with Gasteiger partial charge in [-0.05, 0) is 69.8 Å². The van der Waals surface area contributed by atoms with Gasteiger partial charge in [0.05, 0.1) is 6.61 Å². The van der Waals surface area contributed by atoms with Gasteiger partial charge in [0.25, 0.3) is 0 Å². The molecule has 1 aromatic rings. The Morgan fingerprint density at radius 2 is 1.65 bits per heavy atom. The Morgan fingerprint density at radius 1 is 1.06 bits per heavy atom. The van der Waals surface area contributed by atoms with Crippen LogP contribution >= 0.6 is 0 Å². The molecule has 1 aromatic carbocycles. The molecule has 0 saturated carbocycles. The monoisotopic (exact) mass is 235 g/mol. The quantitative estimate of drug-likeness (QED) is 0.822. The zero-order chi connectivity index (χ0) is 13.1. The van der Waals surface area contributed by atoms with E-state index in [1.807, 2.05) is 13.8 Å². The van der Waals surface area contributed by atoms with Gasteiger partial charge in [0.15, 0.2) is 0 Å². The van der Waals surface area contributed by atoms with Crippen LogP contribution in [0, 0.1) is 20.8 Å². The summed E-state index contributed by atoms with van der Waals surface area (Å²) in [7, 11) is 0. The van der Waals surface area contributed by atoms with Gasteiger partial charge in [-0.1, -0.05) is 12.1 Å². The van der Waals surface area contributed by atoms with E-state index in [9.17, 15) is 0 Å². The number of rotatable bonds is 5. The zero-order valence-electron chi connectivity index (χ0n) is 11.7. The van der Waals surface area contributed by atoms with Gasteiger partial charge in [-0.3, -0.25) is 0 Å². The number of nitrogens with one attached hydrogen (secondary N) is 1. The Bertz CT molecular complexity index is 383. The number of hydrogen-bond donors (Lipinski definition) is 2. The predicted molar refractivity (Wildman–Crippen MR) is 73.5 cm³/mol. The molecule has 96 valence electrons. The third-order valence-electron chi connectivity index (χ3n) is 3.35. The topological polar surface area (TPSA) is 32.3 Å². The van der Waals surface area contributed by atoms with E-state index < -0.39 is 0 Å². The summed E-state index contributed by atoms with van der Waals surface area (Å²) in [5.74, 6) is 0. The molecular formula is C15H25NO. The molecule has 0 aliphatic heterocycles. The first kappa shape index (κ1) is 14.2. The zero-order valence-corrected chi connectivity index (χ0v) is 11.7. The molecule has 1 rings (SSSR count). The number of aliphatic hydroxyl groups is 1. The van der Waals surface area contributed by atoms with Gasteiger partial charge in [-0.25, -0.2) is 0 Å². The van der Waals surface area contributed by atoms with E-state index in [0.29, 0.717) is 0 Å².